The summed E-state index contributed by atoms with van der Waals surface area (Å²) in [6.07, 6.45) is 5.31. The molecule has 1 aromatic rings. The molecule has 4 N–H and O–H groups in total. The van der Waals surface area contributed by atoms with Crippen LogP contribution >= 0.6 is 12.4 Å². The number of nitrogens with one attached hydrogen (secondary N) is 2. The molecule has 0 saturated heterocycles. The number of carbonyl (C=O) groups excluding carboxylic acids is 1. The molecule has 24 heavy (non-hydrogen) atoms. The molecule has 0 heterocycles. The van der Waals surface area contributed by atoms with Gasteiger partial charge in [-0.3, -0.25) is 4.79 Å². The van der Waals surface area contributed by atoms with Crippen molar-refractivity contribution in [3.05, 3.63) is 29.8 Å². The van der Waals surface area contributed by atoms with Gasteiger partial charge in [0.05, 0.1) is 4.90 Å². The molecule has 2 fully saturated rings. The van der Waals surface area contributed by atoms with Crippen LogP contribution in [-0.4, -0.2) is 32.5 Å². The lowest BCUT2D eigenvalue weighted by atomic mass is 9.91. The molecule has 1 amide bonds. The van der Waals surface area contributed by atoms with Crippen LogP contribution in [0.2, 0.25) is 0 Å². The van der Waals surface area contributed by atoms with Crippen molar-refractivity contribution in [2.45, 2.75) is 61.5 Å². The summed E-state index contributed by atoms with van der Waals surface area (Å²) in [6.45, 7) is 0. The van der Waals surface area contributed by atoms with Crippen molar-refractivity contribution in [3.8, 4) is 0 Å². The molecule has 2 saturated carbocycles. The van der Waals surface area contributed by atoms with Gasteiger partial charge in [0.2, 0.25) is 10.0 Å². The Balaban J connectivity index is 0.00000208. The topological polar surface area (TPSA) is 101 Å². The lowest BCUT2D eigenvalue weighted by Crippen LogP contribution is -2.40. The van der Waals surface area contributed by atoms with Crippen molar-refractivity contribution in [2.75, 3.05) is 0 Å². The van der Waals surface area contributed by atoms with Crippen LogP contribution in [-0.2, 0) is 10.0 Å². The van der Waals surface area contributed by atoms with Crippen LogP contribution in [0.25, 0.3) is 0 Å². The molecule has 134 valence electrons. The Bertz CT molecular complexity index is 684. The molecule has 2 aliphatic rings. The van der Waals surface area contributed by atoms with Crippen LogP contribution in [0.3, 0.4) is 0 Å². The normalized spacial score (nSPS) is 24.0. The Morgan fingerprint density at radius 3 is 2.29 bits per heavy atom. The predicted molar refractivity (Wildman–Crippen MR) is 94.7 cm³/mol. The molecule has 0 aliphatic heterocycles. The number of hydrogen-bond donors (Lipinski definition) is 3. The maximum Gasteiger partial charge on any atom is 0.251 e. The molecular formula is C16H24ClN3O3S. The fourth-order valence-electron chi connectivity index (χ4n) is 2.83. The summed E-state index contributed by atoms with van der Waals surface area (Å²) < 4.78 is 27.1. The van der Waals surface area contributed by atoms with Crippen LogP contribution in [0.15, 0.2) is 29.2 Å². The van der Waals surface area contributed by atoms with Crippen LogP contribution in [0.5, 0.6) is 0 Å². The van der Waals surface area contributed by atoms with Gasteiger partial charge in [0.15, 0.2) is 0 Å². The second kappa shape index (κ2) is 7.82. The van der Waals surface area contributed by atoms with Gasteiger partial charge >= 0.3 is 0 Å². The molecule has 0 atom stereocenters. The number of nitrogens with two attached hydrogens (primary N) is 1. The first-order chi connectivity index (χ1) is 10.9. The van der Waals surface area contributed by atoms with E-state index in [-0.39, 0.29) is 41.3 Å². The highest BCUT2D eigenvalue weighted by atomic mass is 35.5. The Kier molecular flexibility index (Phi) is 6.25. The highest BCUT2D eigenvalue weighted by molar-refractivity contribution is 7.89. The average Bonchev–Trinajstić information content (AvgIpc) is 3.33. The minimum absolute atomic E-state index is 0. The standard InChI is InChI=1S/C16H23N3O3S.ClH/c17-12-4-6-13(7-5-12)18-16(20)11-2-1-3-15(10-11)23(21,22)19-14-8-9-14;/h1-3,10,12-14,19H,4-9,17H2,(H,18,20);1H. The first kappa shape index (κ1) is 19.2. The quantitative estimate of drug-likeness (QED) is 0.728. The van der Waals surface area contributed by atoms with E-state index in [0.29, 0.717) is 5.56 Å². The van der Waals surface area contributed by atoms with Crippen molar-refractivity contribution in [1.82, 2.24) is 10.0 Å². The maximum atomic E-state index is 12.4. The number of sulfonamides is 1. The molecule has 1 aromatic carbocycles. The van der Waals surface area contributed by atoms with E-state index in [1.807, 2.05) is 0 Å². The lowest BCUT2D eigenvalue weighted by molar-refractivity contribution is 0.0925. The molecule has 3 rings (SSSR count). The van der Waals surface area contributed by atoms with Gasteiger partial charge in [-0.25, -0.2) is 13.1 Å². The summed E-state index contributed by atoms with van der Waals surface area (Å²) in [5, 5.41) is 2.98. The van der Waals surface area contributed by atoms with E-state index in [0.717, 1.165) is 38.5 Å². The Hall–Kier alpha value is -1.15. The van der Waals surface area contributed by atoms with Crippen molar-refractivity contribution in [1.29, 1.82) is 0 Å². The first-order valence-electron chi connectivity index (χ1n) is 8.13. The zero-order chi connectivity index (χ0) is 16.4. The molecule has 2 aliphatic carbocycles. The molecular weight excluding hydrogens is 350 g/mol. The largest absolute Gasteiger partial charge is 0.349 e. The van der Waals surface area contributed by atoms with Crippen LogP contribution < -0.4 is 15.8 Å². The highest BCUT2D eigenvalue weighted by Crippen LogP contribution is 2.23. The Morgan fingerprint density at radius 2 is 1.67 bits per heavy atom. The summed E-state index contributed by atoms with van der Waals surface area (Å²) in [4.78, 5) is 12.5. The van der Waals surface area contributed by atoms with Crippen LogP contribution in [0.4, 0.5) is 0 Å². The summed E-state index contributed by atoms with van der Waals surface area (Å²) >= 11 is 0. The summed E-state index contributed by atoms with van der Waals surface area (Å²) in [5.41, 5.74) is 6.24. The number of amides is 1. The smallest absolute Gasteiger partial charge is 0.251 e. The second-order valence-corrected chi connectivity index (χ2v) is 8.22. The number of hydrogen-bond acceptors (Lipinski definition) is 4. The Labute approximate surface area is 149 Å². The van der Waals surface area contributed by atoms with Gasteiger partial charge in [0, 0.05) is 23.7 Å². The van der Waals surface area contributed by atoms with E-state index in [4.69, 9.17) is 5.73 Å². The number of benzene rings is 1. The molecule has 0 unspecified atom stereocenters. The number of rotatable bonds is 5. The minimum atomic E-state index is -3.54. The minimum Gasteiger partial charge on any atom is -0.349 e. The van der Waals surface area contributed by atoms with Gasteiger partial charge < -0.3 is 11.1 Å². The van der Waals surface area contributed by atoms with E-state index < -0.39 is 10.0 Å². The van der Waals surface area contributed by atoms with Gasteiger partial charge in [-0.05, 0) is 56.7 Å². The average molecular weight is 374 g/mol. The first-order valence-corrected chi connectivity index (χ1v) is 9.61. The predicted octanol–water partition coefficient (Wildman–Crippen LogP) is 1.55. The molecule has 0 bridgehead atoms. The summed E-state index contributed by atoms with van der Waals surface area (Å²) in [6, 6.07) is 6.59. The highest BCUT2D eigenvalue weighted by Gasteiger charge is 2.28. The van der Waals surface area contributed by atoms with Crippen molar-refractivity contribution in [3.63, 3.8) is 0 Å². The SMILES string of the molecule is Cl.NC1CCC(NC(=O)c2cccc(S(=O)(=O)NC3CC3)c2)CC1. The maximum absolute atomic E-state index is 12.4. The number of carbonyl (C=O) groups is 1. The number of halogens is 1. The third-order valence-electron chi connectivity index (χ3n) is 4.41. The Morgan fingerprint density at radius 1 is 1.04 bits per heavy atom. The van der Waals surface area contributed by atoms with Gasteiger partial charge in [-0.15, -0.1) is 12.4 Å². The van der Waals surface area contributed by atoms with E-state index in [2.05, 4.69) is 10.0 Å². The molecule has 0 radical (unpaired) electrons. The van der Waals surface area contributed by atoms with Crippen LogP contribution in [0.1, 0.15) is 48.9 Å². The third-order valence-corrected chi connectivity index (χ3v) is 5.93. The van der Waals surface area contributed by atoms with Gasteiger partial charge in [0.1, 0.15) is 0 Å². The lowest BCUT2D eigenvalue weighted by Gasteiger charge is -2.26. The van der Waals surface area contributed by atoms with Gasteiger partial charge in [-0.2, -0.15) is 0 Å². The monoisotopic (exact) mass is 373 g/mol. The summed E-state index contributed by atoms with van der Waals surface area (Å²) in [7, 11) is -3.54. The van der Waals surface area contributed by atoms with Crippen molar-refractivity contribution < 1.29 is 13.2 Å². The second-order valence-electron chi connectivity index (χ2n) is 6.51. The van der Waals surface area contributed by atoms with E-state index in [1.165, 1.54) is 12.1 Å². The zero-order valence-corrected chi connectivity index (χ0v) is 15.0. The molecule has 0 spiro atoms. The van der Waals surface area contributed by atoms with E-state index in [9.17, 15) is 13.2 Å². The third kappa shape index (κ3) is 4.92. The fraction of sp³-hybridized carbons (Fsp3) is 0.562. The summed E-state index contributed by atoms with van der Waals surface area (Å²) in [5.74, 6) is -0.228. The van der Waals surface area contributed by atoms with Crippen molar-refractivity contribution >= 4 is 28.3 Å². The fourth-order valence-corrected chi connectivity index (χ4v) is 4.18. The molecule has 0 aromatic heterocycles. The molecule has 6 nitrogen and oxygen atoms in total. The van der Waals surface area contributed by atoms with E-state index in [1.54, 1.807) is 12.1 Å². The van der Waals surface area contributed by atoms with Crippen molar-refractivity contribution in [2.24, 2.45) is 5.73 Å². The zero-order valence-electron chi connectivity index (χ0n) is 13.4. The van der Waals surface area contributed by atoms with E-state index >= 15 is 0 Å². The molecule has 8 heteroatoms. The van der Waals surface area contributed by atoms with Gasteiger partial charge in [-0.1, -0.05) is 6.07 Å². The van der Waals surface area contributed by atoms with Gasteiger partial charge in [0.25, 0.3) is 5.91 Å². The van der Waals surface area contributed by atoms with Crippen LogP contribution in [0, 0.1) is 0 Å².